The second kappa shape index (κ2) is 11.7. The second-order valence-corrected chi connectivity index (χ2v) is 7.61. The summed E-state index contributed by atoms with van der Waals surface area (Å²) in [6, 6.07) is 12.4. The van der Waals surface area contributed by atoms with E-state index in [9.17, 15) is 0 Å². The Kier molecular flexibility index (Phi) is 8.61. The minimum atomic E-state index is 0.612. The Balaban J connectivity index is 1.47. The van der Waals surface area contributed by atoms with Crippen LogP contribution >= 0.6 is 11.3 Å². The highest BCUT2D eigenvalue weighted by Gasteiger charge is 2.09. The van der Waals surface area contributed by atoms with Gasteiger partial charge in [0.1, 0.15) is 12.4 Å². The van der Waals surface area contributed by atoms with Crippen molar-refractivity contribution in [2.45, 2.75) is 20.0 Å². The largest absolute Gasteiger partial charge is 0.492 e. The summed E-state index contributed by atoms with van der Waals surface area (Å²) in [6.07, 6.45) is 0. The Morgan fingerprint density at radius 2 is 2.11 bits per heavy atom. The third-order valence-corrected chi connectivity index (χ3v) is 5.33. The Bertz CT molecular complexity index is 715. The normalized spacial score (nSPS) is 15.4. The van der Waals surface area contributed by atoms with Crippen LogP contribution in [0.3, 0.4) is 0 Å². The van der Waals surface area contributed by atoms with Crippen molar-refractivity contribution in [2.24, 2.45) is 4.99 Å². The highest BCUT2D eigenvalue weighted by atomic mass is 32.1. The molecule has 0 bridgehead atoms. The molecule has 0 spiro atoms. The summed E-state index contributed by atoms with van der Waals surface area (Å²) in [5, 5.41) is 8.77. The van der Waals surface area contributed by atoms with Gasteiger partial charge in [-0.15, -0.1) is 11.3 Å². The molecule has 0 saturated carbocycles. The van der Waals surface area contributed by atoms with E-state index in [2.05, 4.69) is 52.1 Å². The molecule has 6 nitrogen and oxygen atoms in total. The van der Waals surface area contributed by atoms with Crippen LogP contribution in [0.5, 0.6) is 5.75 Å². The molecule has 1 aliphatic heterocycles. The van der Waals surface area contributed by atoms with Crippen molar-refractivity contribution < 1.29 is 9.47 Å². The summed E-state index contributed by atoms with van der Waals surface area (Å²) >= 11 is 1.74. The molecule has 1 saturated heterocycles. The quantitative estimate of drug-likeness (QED) is 0.499. The van der Waals surface area contributed by atoms with Gasteiger partial charge in [0.15, 0.2) is 5.96 Å². The van der Waals surface area contributed by atoms with E-state index in [-0.39, 0.29) is 0 Å². The standard InChI is InChI=1S/C21H30N4O2S/c1-2-22-21(24-17-20-7-4-14-28-20)23-16-18-5-3-6-19(15-18)27-13-10-25-8-11-26-12-9-25/h3-7,14-15H,2,8-13,16-17H2,1H3,(H2,22,23,24). The summed E-state index contributed by atoms with van der Waals surface area (Å²) in [7, 11) is 0. The molecule has 1 aliphatic rings. The van der Waals surface area contributed by atoms with Gasteiger partial charge >= 0.3 is 0 Å². The lowest BCUT2D eigenvalue weighted by molar-refractivity contribution is 0.0322. The third-order valence-electron chi connectivity index (χ3n) is 4.45. The molecule has 0 atom stereocenters. The maximum Gasteiger partial charge on any atom is 0.191 e. The van der Waals surface area contributed by atoms with E-state index in [1.54, 1.807) is 11.3 Å². The zero-order valence-electron chi connectivity index (χ0n) is 16.5. The number of aliphatic imine (C=N–C) groups is 1. The molecular weight excluding hydrogens is 372 g/mol. The molecule has 2 heterocycles. The fourth-order valence-corrected chi connectivity index (χ4v) is 3.59. The highest BCUT2D eigenvalue weighted by molar-refractivity contribution is 7.09. The van der Waals surface area contributed by atoms with Gasteiger partial charge in [0.25, 0.3) is 0 Å². The molecule has 0 radical (unpaired) electrons. The molecule has 1 aromatic heterocycles. The lowest BCUT2D eigenvalue weighted by Gasteiger charge is -2.26. The Morgan fingerprint density at radius 3 is 2.89 bits per heavy atom. The number of benzene rings is 1. The summed E-state index contributed by atoms with van der Waals surface area (Å²) in [4.78, 5) is 8.37. The highest BCUT2D eigenvalue weighted by Crippen LogP contribution is 2.14. The first-order valence-corrected chi connectivity index (χ1v) is 10.8. The molecule has 1 aromatic carbocycles. The summed E-state index contributed by atoms with van der Waals surface area (Å²) < 4.78 is 11.3. The van der Waals surface area contributed by atoms with Crippen molar-refractivity contribution in [2.75, 3.05) is 46.0 Å². The van der Waals surface area contributed by atoms with Crippen molar-refractivity contribution in [1.82, 2.24) is 15.5 Å². The first kappa shape index (κ1) is 20.6. The van der Waals surface area contributed by atoms with E-state index in [4.69, 9.17) is 14.5 Å². The summed E-state index contributed by atoms with van der Waals surface area (Å²) in [5.74, 6) is 1.73. The minimum absolute atomic E-state index is 0.612. The number of hydrogen-bond donors (Lipinski definition) is 2. The van der Waals surface area contributed by atoms with Crippen molar-refractivity contribution in [3.8, 4) is 5.75 Å². The first-order valence-electron chi connectivity index (χ1n) is 9.90. The first-order chi connectivity index (χ1) is 13.8. The molecule has 28 heavy (non-hydrogen) atoms. The summed E-state index contributed by atoms with van der Waals surface area (Å²) in [5.41, 5.74) is 1.14. The molecule has 3 rings (SSSR count). The van der Waals surface area contributed by atoms with Crippen molar-refractivity contribution in [3.63, 3.8) is 0 Å². The number of thiophene rings is 1. The molecule has 0 aliphatic carbocycles. The lowest BCUT2D eigenvalue weighted by Crippen LogP contribution is -2.38. The monoisotopic (exact) mass is 402 g/mol. The van der Waals surface area contributed by atoms with E-state index in [1.807, 2.05) is 12.1 Å². The number of hydrogen-bond acceptors (Lipinski definition) is 5. The minimum Gasteiger partial charge on any atom is -0.492 e. The fraction of sp³-hybridized carbons (Fsp3) is 0.476. The van der Waals surface area contributed by atoms with Crippen LogP contribution in [-0.4, -0.2) is 56.9 Å². The molecule has 1 fully saturated rings. The second-order valence-electron chi connectivity index (χ2n) is 6.58. The van der Waals surface area contributed by atoms with Gasteiger partial charge in [-0.1, -0.05) is 18.2 Å². The summed E-state index contributed by atoms with van der Waals surface area (Å²) in [6.45, 7) is 9.55. The van der Waals surface area contributed by atoms with Crippen LogP contribution in [0.25, 0.3) is 0 Å². The third kappa shape index (κ3) is 7.14. The van der Waals surface area contributed by atoms with Gasteiger partial charge < -0.3 is 20.1 Å². The van der Waals surface area contributed by atoms with Crippen LogP contribution in [0, 0.1) is 0 Å². The zero-order chi connectivity index (χ0) is 19.4. The predicted molar refractivity (Wildman–Crippen MR) is 115 cm³/mol. The number of nitrogens with one attached hydrogen (secondary N) is 2. The van der Waals surface area contributed by atoms with Gasteiger partial charge in [0.2, 0.25) is 0 Å². The molecule has 0 amide bonds. The van der Waals surface area contributed by atoms with Crippen LogP contribution in [0.4, 0.5) is 0 Å². The van der Waals surface area contributed by atoms with Crippen molar-refractivity contribution in [1.29, 1.82) is 0 Å². The number of rotatable bonds is 9. The predicted octanol–water partition coefficient (Wildman–Crippen LogP) is 2.71. The van der Waals surface area contributed by atoms with E-state index in [0.717, 1.165) is 63.2 Å². The molecule has 2 aromatic rings. The van der Waals surface area contributed by atoms with Crippen LogP contribution in [0.2, 0.25) is 0 Å². The smallest absolute Gasteiger partial charge is 0.191 e. The van der Waals surface area contributed by atoms with E-state index < -0.39 is 0 Å². The molecule has 7 heteroatoms. The van der Waals surface area contributed by atoms with E-state index in [0.29, 0.717) is 13.2 Å². The Hall–Kier alpha value is -2.09. The SMILES string of the molecule is CCNC(=NCc1cccc(OCCN2CCOCC2)c1)NCc1cccs1. The number of ether oxygens (including phenoxy) is 2. The van der Waals surface area contributed by atoms with Gasteiger partial charge in [0, 0.05) is 31.1 Å². The van der Waals surface area contributed by atoms with Crippen LogP contribution in [0.1, 0.15) is 17.4 Å². The molecule has 152 valence electrons. The Morgan fingerprint density at radius 1 is 1.21 bits per heavy atom. The van der Waals surface area contributed by atoms with Gasteiger partial charge in [-0.05, 0) is 36.1 Å². The molecule has 0 unspecified atom stereocenters. The number of nitrogens with zero attached hydrogens (tertiary/aromatic N) is 2. The average molecular weight is 403 g/mol. The topological polar surface area (TPSA) is 58.1 Å². The Labute approximate surface area is 171 Å². The molecule has 2 N–H and O–H groups in total. The van der Waals surface area contributed by atoms with Gasteiger partial charge in [-0.2, -0.15) is 0 Å². The zero-order valence-corrected chi connectivity index (χ0v) is 17.3. The maximum atomic E-state index is 5.94. The lowest BCUT2D eigenvalue weighted by atomic mass is 10.2. The van der Waals surface area contributed by atoms with Crippen LogP contribution < -0.4 is 15.4 Å². The van der Waals surface area contributed by atoms with E-state index >= 15 is 0 Å². The van der Waals surface area contributed by atoms with Crippen molar-refractivity contribution >= 4 is 17.3 Å². The fourth-order valence-electron chi connectivity index (χ4n) is 2.95. The number of morpholine rings is 1. The van der Waals surface area contributed by atoms with E-state index in [1.165, 1.54) is 4.88 Å². The average Bonchev–Trinajstić information content (AvgIpc) is 3.25. The number of guanidine groups is 1. The maximum absolute atomic E-state index is 5.94. The van der Waals surface area contributed by atoms with Crippen molar-refractivity contribution in [3.05, 3.63) is 52.2 Å². The van der Waals surface area contributed by atoms with Gasteiger partial charge in [-0.3, -0.25) is 4.90 Å². The van der Waals surface area contributed by atoms with Gasteiger partial charge in [0.05, 0.1) is 26.3 Å². The van der Waals surface area contributed by atoms with Crippen LogP contribution in [-0.2, 0) is 17.8 Å². The van der Waals surface area contributed by atoms with Crippen LogP contribution in [0.15, 0.2) is 46.8 Å². The van der Waals surface area contributed by atoms with Gasteiger partial charge in [-0.25, -0.2) is 4.99 Å². The molecular formula is C21H30N4O2S.